The molecule has 0 bridgehead atoms. The molecule has 1 fully saturated rings. The quantitative estimate of drug-likeness (QED) is 0.892. The first-order chi connectivity index (χ1) is 9.75. The lowest BCUT2D eigenvalue weighted by Crippen LogP contribution is -2.44. The number of aliphatic carboxylic acids is 1. The summed E-state index contributed by atoms with van der Waals surface area (Å²) >= 11 is 5.81. The molecule has 1 aliphatic heterocycles. The number of ether oxygens (including phenoxy) is 1. The summed E-state index contributed by atoms with van der Waals surface area (Å²) in [5.41, 5.74) is 0. The van der Waals surface area contributed by atoms with Crippen molar-refractivity contribution in [3.05, 3.63) is 29.0 Å². The average molecular weight is 338 g/mol. The van der Waals surface area contributed by atoms with Crippen LogP contribution in [-0.4, -0.2) is 50.1 Å². The van der Waals surface area contributed by atoms with Gasteiger partial charge in [0.05, 0.1) is 30.2 Å². The third-order valence-electron chi connectivity index (χ3n) is 3.39. The summed E-state index contributed by atoms with van der Waals surface area (Å²) in [6.07, 6.45) is 0. The fourth-order valence-corrected chi connectivity index (χ4v) is 4.01. The highest BCUT2D eigenvalue weighted by molar-refractivity contribution is 7.89. The van der Waals surface area contributed by atoms with Gasteiger partial charge in [-0.15, -0.1) is 0 Å². The molecule has 9 heteroatoms. The molecule has 2 atom stereocenters. The van der Waals surface area contributed by atoms with Gasteiger partial charge < -0.3 is 9.84 Å². The van der Waals surface area contributed by atoms with Gasteiger partial charge >= 0.3 is 5.97 Å². The van der Waals surface area contributed by atoms with E-state index in [1.165, 1.54) is 7.05 Å². The first-order valence-corrected chi connectivity index (χ1v) is 7.80. The van der Waals surface area contributed by atoms with Crippen LogP contribution in [0.5, 0.6) is 0 Å². The Kier molecular flexibility index (Phi) is 4.52. The van der Waals surface area contributed by atoms with Crippen molar-refractivity contribution >= 4 is 27.6 Å². The van der Waals surface area contributed by atoms with Crippen LogP contribution < -0.4 is 0 Å². The maximum absolute atomic E-state index is 13.3. The second-order valence-corrected chi connectivity index (χ2v) is 7.02. The second-order valence-electron chi connectivity index (χ2n) is 4.65. The van der Waals surface area contributed by atoms with Crippen LogP contribution in [-0.2, 0) is 19.6 Å². The van der Waals surface area contributed by atoms with E-state index in [4.69, 9.17) is 21.4 Å². The molecule has 0 spiro atoms. The third kappa shape index (κ3) is 3.03. The first-order valence-electron chi connectivity index (χ1n) is 5.99. The topological polar surface area (TPSA) is 83.9 Å². The minimum Gasteiger partial charge on any atom is -0.481 e. The first kappa shape index (κ1) is 16.2. The van der Waals surface area contributed by atoms with E-state index >= 15 is 0 Å². The predicted octanol–water partition coefficient (Wildman–Crippen LogP) is 1.20. The number of rotatable bonds is 4. The largest absolute Gasteiger partial charge is 0.481 e. The van der Waals surface area contributed by atoms with Gasteiger partial charge in [-0.25, -0.2) is 12.8 Å². The van der Waals surface area contributed by atoms with Gasteiger partial charge in [0.2, 0.25) is 10.0 Å². The zero-order valence-corrected chi connectivity index (χ0v) is 12.6. The molecule has 116 valence electrons. The number of nitrogens with zero attached hydrogens (tertiary/aromatic N) is 1. The maximum Gasteiger partial charge on any atom is 0.310 e. The maximum atomic E-state index is 13.3. The van der Waals surface area contributed by atoms with Gasteiger partial charge in [-0.05, 0) is 18.2 Å². The summed E-state index contributed by atoms with van der Waals surface area (Å²) in [4.78, 5) is 10.7. The van der Waals surface area contributed by atoms with Gasteiger partial charge in [-0.2, -0.15) is 4.31 Å². The summed E-state index contributed by atoms with van der Waals surface area (Å²) < 4.78 is 44.2. The average Bonchev–Trinajstić information content (AvgIpc) is 2.89. The fraction of sp³-hybridized carbons (Fsp3) is 0.417. The predicted molar refractivity (Wildman–Crippen MR) is 72.1 cm³/mol. The lowest BCUT2D eigenvalue weighted by molar-refractivity contribution is -0.142. The van der Waals surface area contributed by atoms with E-state index in [1.807, 2.05) is 0 Å². The number of carbonyl (C=O) groups is 1. The molecule has 1 aromatic rings. The van der Waals surface area contributed by atoms with Crippen LogP contribution in [0.15, 0.2) is 23.1 Å². The monoisotopic (exact) mass is 337 g/mol. The number of carboxylic acid groups (broad SMARTS) is 1. The summed E-state index contributed by atoms with van der Waals surface area (Å²) in [6.45, 7) is -0.115. The van der Waals surface area contributed by atoms with Crippen molar-refractivity contribution in [1.82, 2.24) is 4.31 Å². The van der Waals surface area contributed by atoms with Crippen molar-refractivity contribution in [2.45, 2.75) is 10.9 Å². The molecule has 6 nitrogen and oxygen atoms in total. The van der Waals surface area contributed by atoms with Gasteiger partial charge in [0.25, 0.3) is 0 Å². The summed E-state index contributed by atoms with van der Waals surface area (Å²) in [5.74, 6) is -2.87. The molecule has 21 heavy (non-hydrogen) atoms. The number of benzene rings is 1. The molecule has 0 aliphatic carbocycles. The van der Waals surface area contributed by atoms with Gasteiger partial charge in [0.15, 0.2) is 0 Å². The van der Waals surface area contributed by atoms with Gasteiger partial charge in [0.1, 0.15) is 10.7 Å². The number of likely N-dealkylation sites (N-methyl/N-ethyl adjacent to an activating group) is 1. The molecule has 1 saturated heterocycles. The van der Waals surface area contributed by atoms with Crippen LogP contribution in [0.4, 0.5) is 4.39 Å². The Morgan fingerprint density at radius 2 is 2.14 bits per heavy atom. The highest BCUT2D eigenvalue weighted by atomic mass is 35.5. The highest BCUT2D eigenvalue weighted by Crippen LogP contribution is 2.29. The van der Waals surface area contributed by atoms with E-state index in [0.29, 0.717) is 0 Å². The molecule has 1 aromatic carbocycles. The van der Waals surface area contributed by atoms with E-state index in [9.17, 15) is 17.6 Å². The van der Waals surface area contributed by atoms with E-state index in [1.54, 1.807) is 0 Å². The zero-order valence-electron chi connectivity index (χ0n) is 11.0. The minimum absolute atomic E-state index is 0.0420. The molecule has 0 amide bonds. The van der Waals surface area contributed by atoms with Crippen molar-refractivity contribution in [1.29, 1.82) is 0 Å². The summed E-state index contributed by atoms with van der Waals surface area (Å²) in [5, 5.41) is 8.95. The Hall–Kier alpha value is -1.22. The van der Waals surface area contributed by atoms with Crippen LogP contribution in [0.1, 0.15) is 0 Å². The zero-order chi connectivity index (χ0) is 15.8. The number of hydrogen-bond donors (Lipinski definition) is 1. The number of hydrogen-bond acceptors (Lipinski definition) is 4. The molecule has 1 heterocycles. The van der Waals surface area contributed by atoms with Crippen LogP contribution in [0, 0.1) is 11.7 Å². The molecule has 2 unspecified atom stereocenters. The van der Waals surface area contributed by atoms with E-state index in [0.717, 1.165) is 22.5 Å². The van der Waals surface area contributed by atoms with E-state index < -0.39 is 38.7 Å². The number of sulfonamides is 1. The SMILES string of the molecule is CN(C1COCC1C(=O)O)S(=O)(=O)c1cc(F)ccc1Cl. The van der Waals surface area contributed by atoms with Gasteiger partial charge in [-0.1, -0.05) is 11.6 Å². The van der Waals surface area contributed by atoms with Crippen LogP contribution in [0.3, 0.4) is 0 Å². The van der Waals surface area contributed by atoms with Crippen LogP contribution in [0.2, 0.25) is 5.02 Å². The Morgan fingerprint density at radius 1 is 1.48 bits per heavy atom. The molecule has 1 N–H and O–H groups in total. The summed E-state index contributed by atoms with van der Waals surface area (Å²) in [7, 11) is -2.90. The normalized spacial score (nSPS) is 22.7. The second kappa shape index (κ2) is 5.88. The Morgan fingerprint density at radius 3 is 2.76 bits per heavy atom. The Balaban J connectivity index is 2.39. The van der Waals surface area contributed by atoms with Crippen LogP contribution in [0.25, 0.3) is 0 Å². The third-order valence-corrected chi connectivity index (χ3v) is 5.75. The Bertz CT molecular complexity index is 666. The lowest BCUT2D eigenvalue weighted by atomic mass is 10.1. The molecular formula is C12H13ClFNO5S. The highest BCUT2D eigenvalue weighted by Gasteiger charge is 2.41. The van der Waals surface area contributed by atoms with Crippen molar-refractivity contribution in [2.75, 3.05) is 20.3 Å². The smallest absolute Gasteiger partial charge is 0.310 e. The Labute approximate surface area is 126 Å². The van der Waals surface area contributed by atoms with Crippen molar-refractivity contribution < 1.29 is 27.4 Å². The van der Waals surface area contributed by atoms with Gasteiger partial charge in [0, 0.05) is 7.05 Å². The van der Waals surface area contributed by atoms with E-state index in [-0.39, 0.29) is 18.2 Å². The molecule has 0 radical (unpaired) electrons. The lowest BCUT2D eigenvalue weighted by Gasteiger charge is -2.26. The molecule has 1 aliphatic rings. The van der Waals surface area contributed by atoms with E-state index in [2.05, 4.69) is 0 Å². The fourth-order valence-electron chi connectivity index (χ4n) is 2.15. The van der Waals surface area contributed by atoms with Crippen molar-refractivity contribution in [3.8, 4) is 0 Å². The minimum atomic E-state index is -4.12. The molecule has 0 saturated carbocycles. The van der Waals surface area contributed by atoms with Crippen molar-refractivity contribution in [3.63, 3.8) is 0 Å². The molecule has 2 rings (SSSR count). The van der Waals surface area contributed by atoms with Crippen LogP contribution >= 0.6 is 11.6 Å². The molecule has 0 aromatic heterocycles. The molecular weight excluding hydrogens is 325 g/mol. The number of carboxylic acids is 1. The van der Waals surface area contributed by atoms with Crippen molar-refractivity contribution in [2.24, 2.45) is 5.92 Å². The standard InChI is InChI=1S/C12H13ClFNO5S/c1-15(10-6-20-5-8(10)12(16)17)21(18,19)11-4-7(14)2-3-9(11)13/h2-4,8,10H,5-6H2,1H3,(H,16,17). The van der Waals surface area contributed by atoms with Gasteiger partial charge in [-0.3, -0.25) is 4.79 Å². The summed E-state index contributed by atoms with van der Waals surface area (Å²) in [6, 6.07) is 2.11. The number of halogens is 2.